The molecule has 0 aliphatic carbocycles. The summed E-state index contributed by atoms with van der Waals surface area (Å²) < 4.78 is 49.2. The maximum Gasteiger partial charge on any atom is 0.280 e. The Bertz CT molecular complexity index is 302. The first-order valence-electron chi connectivity index (χ1n) is 4.26. The molecular formula is C9H10F4N2. The lowest BCUT2D eigenvalue weighted by Crippen LogP contribution is -2.08. The second kappa shape index (κ2) is 5.06. The number of nitrogens with zero attached hydrogens (tertiary/aromatic N) is 1. The molecule has 0 atom stereocenters. The zero-order valence-electron chi connectivity index (χ0n) is 7.98. The minimum absolute atomic E-state index is 0.252. The van der Waals surface area contributed by atoms with Crippen LogP contribution in [0, 0.1) is 0 Å². The molecule has 0 fully saturated rings. The van der Waals surface area contributed by atoms with Crippen molar-refractivity contribution in [3.8, 4) is 0 Å². The van der Waals surface area contributed by atoms with Crippen LogP contribution >= 0.6 is 0 Å². The van der Waals surface area contributed by atoms with Gasteiger partial charge >= 0.3 is 0 Å². The molecule has 0 saturated carbocycles. The molecule has 1 rings (SSSR count). The van der Waals surface area contributed by atoms with Crippen molar-refractivity contribution in [1.29, 1.82) is 0 Å². The number of hydrogen-bond acceptors (Lipinski definition) is 2. The van der Waals surface area contributed by atoms with Gasteiger partial charge in [-0.1, -0.05) is 0 Å². The van der Waals surface area contributed by atoms with Crippen LogP contribution < -0.4 is 5.32 Å². The molecule has 0 spiro atoms. The topological polar surface area (TPSA) is 24.9 Å². The van der Waals surface area contributed by atoms with Crippen molar-refractivity contribution in [1.82, 2.24) is 10.3 Å². The molecule has 15 heavy (non-hydrogen) atoms. The third kappa shape index (κ3) is 3.16. The molecule has 6 heteroatoms. The maximum absolute atomic E-state index is 12.3. The first-order valence-corrected chi connectivity index (χ1v) is 4.26. The third-order valence-corrected chi connectivity index (χ3v) is 1.75. The van der Waals surface area contributed by atoms with E-state index in [2.05, 4.69) is 10.3 Å². The van der Waals surface area contributed by atoms with E-state index in [0.717, 1.165) is 12.1 Å². The summed E-state index contributed by atoms with van der Waals surface area (Å²) in [5.74, 6) is 0. The van der Waals surface area contributed by atoms with Crippen molar-refractivity contribution in [3.05, 3.63) is 29.1 Å². The summed E-state index contributed by atoms with van der Waals surface area (Å²) >= 11 is 0. The summed E-state index contributed by atoms with van der Waals surface area (Å²) in [5, 5.41) is 2.70. The number of nitrogens with one attached hydrogen (secondary N) is 1. The Labute approximate surface area is 84.3 Å². The molecule has 0 aromatic carbocycles. The Morgan fingerprint density at radius 1 is 1.13 bits per heavy atom. The first-order chi connectivity index (χ1) is 7.04. The Balaban J connectivity index is 3.08. The van der Waals surface area contributed by atoms with Crippen LogP contribution in [-0.2, 0) is 6.54 Å². The summed E-state index contributed by atoms with van der Waals surface area (Å²) in [7, 11) is 1.60. The molecular weight excluding hydrogens is 212 g/mol. The summed E-state index contributed by atoms with van der Waals surface area (Å²) in [5.41, 5.74) is -0.853. The predicted molar refractivity (Wildman–Crippen MR) is 46.9 cm³/mol. The van der Waals surface area contributed by atoms with E-state index >= 15 is 0 Å². The van der Waals surface area contributed by atoms with E-state index in [4.69, 9.17) is 0 Å². The molecule has 0 radical (unpaired) electrons. The molecule has 0 unspecified atom stereocenters. The average molecular weight is 222 g/mol. The molecule has 84 valence electrons. The average Bonchev–Trinajstić information content (AvgIpc) is 2.17. The van der Waals surface area contributed by atoms with E-state index < -0.39 is 24.2 Å². The largest absolute Gasteiger partial charge is 0.316 e. The first kappa shape index (κ1) is 11.9. The van der Waals surface area contributed by atoms with E-state index in [1.807, 2.05) is 0 Å². The maximum atomic E-state index is 12.3. The van der Waals surface area contributed by atoms with Crippen LogP contribution in [0.4, 0.5) is 17.6 Å². The Morgan fingerprint density at radius 2 is 1.60 bits per heavy atom. The Hall–Kier alpha value is -1.17. The van der Waals surface area contributed by atoms with Gasteiger partial charge in [-0.2, -0.15) is 0 Å². The fourth-order valence-electron chi connectivity index (χ4n) is 1.16. The smallest absolute Gasteiger partial charge is 0.280 e. The highest BCUT2D eigenvalue weighted by Crippen LogP contribution is 2.23. The highest BCUT2D eigenvalue weighted by atomic mass is 19.3. The van der Waals surface area contributed by atoms with Gasteiger partial charge in [-0.15, -0.1) is 0 Å². The molecule has 1 aromatic heterocycles. The molecule has 0 aliphatic rings. The van der Waals surface area contributed by atoms with E-state index in [1.54, 1.807) is 7.05 Å². The standard InChI is InChI=1S/C9H10F4N2/c1-14-4-5-2-6(8(10)11)15-7(3-5)9(12)13/h2-3,8-9,14H,4H2,1H3. The lowest BCUT2D eigenvalue weighted by atomic mass is 10.2. The summed E-state index contributed by atoms with van der Waals surface area (Å²) in [6.07, 6.45) is -5.67. The van der Waals surface area contributed by atoms with Crippen LogP contribution in [0.25, 0.3) is 0 Å². The molecule has 1 aromatic rings. The van der Waals surface area contributed by atoms with E-state index in [-0.39, 0.29) is 6.54 Å². The number of alkyl halides is 4. The highest BCUT2D eigenvalue weighted by molar-refractivity contribution is 5.23. The van der Waals surface area contributed by atoms with Crippen molar-refractivity contribution in [2.45, 2.75) is 19.4 Å². The van der Waals surface area contributed by atoms with Crippen molar-refractivity contribution in [3.63, 3.8) is 0 Å². The van der Waals surface area contributed by atoms with Gasteiger partial charge in [-0.25, -0.2) is 22.5 Å². The lowest BCUT2D eigenvalue weighted by Gasteiger charge is -2.07. The van der Waals surface area contributed by atoms with Gasteiger partial charge in [0.25, 0.3) is 12.9 Å². The van der Waals surface area contributed by atoms with Gasteiger partial charge < -0.3 is 5.32 Å². The fourth-order valence-corrected chi connectivity index (χ4v) is 1.16. The minimum atomic E-state index is -2.83. The number of halogens is 4. The van der Waals surface area contributed by atoms with Gasteiger partial charge in [0.05, 0.1) is 0 Å². The van der Waals surface area contributed by atoms with Gasteiger partial charge in [0, 0.05) is 6.54 Å². The van der Waals surface area contributed by atoms with Gasteiger partial charge in [0.2, 0.25) is 0 Å². The predicted octanol–water partition coefficient (Wildman–Crippen LogP) is 2.68. The van der Waals surface area contributed by atoms with Crippen molar-refractivity contribution in [2.24, 2.45) is 0 Å². The van der Waals surface area contributed by atoms with Crippen LogP contribution in [-0.4, -0.2) is 12.0 Å². The van der Waals surface area contributed by atoms with Gasteiger partial charge in [0.1, 0.15) is 11.4 Å². The van der Waals surface area contributed by atoms with E-state index in [9.17, 15) is 17.6 Å². The zero-order chi connectivity index (χ0) is 11.4. The van der Waals surface area contributed by atoms with Crippen molar-refractivity contribution >= 4 is 0 Å². The summed E-state index contributed by atoms with van der Waals surface area (Å²) in [4.78, 5) is 3.19. The molecule has 0 bridgehead atoms. The van der Waals surface area contributed by atoms with Crippen LogP contribution in [0.3, 0.4) is 0 Å². The second-order valence-electron chi connectivity index (χ2n) is 2.96. The van der Waals surface area contributed by atoms with Crippen molar-refractivity contribution < 1.29 is 17.6 Å². The van der Waals surface area contributed by atoms with E-state index in [0.29, 0.717) is 5.56 Å². The number of rotatable bonds is 4. The number of pyridine rings is 1. The summed E-state index contributed by atoms with van der Waals surface area (Å²) in [6.45, 7) is 0.252. The second-order valence-corrected chi connectivity index (χ2v) is 2.96. The SMILES string of the molecule is CNCc1cc(C(F)F)nc(C(F)F)c1. The Morgan fingerprint density at radius 3 is 1.93 bits per heavy atom. The minimum Gasteiger partial charge on any atom is -0.316 e. The fraction of sp³-hybridized carbons (Fsp3) is 0.444. The molecule has 1 heterocycles. The van der Waals surface area contributed by atoms with Crippen LogP contribution in [0.2, 0.25) is 0 Å². The van der Waals surface area contributed by atoms with Gasteiger partial charge in [-0.05, 0) is 24.7 Å². The van der Waals surface area contributed by atoms with Gasteiger partial charge in [0.15, 0.2) is 0 Å². The number of aromatic nitrogens is 1. The third-order valence-electron chi connectivity index (χ3n) is 1.75. The van der Waals surface area contributed by atoms with Gasteiger partial charge in [-0.3, -0.25) is 0 Å². The highest BCUT2D eigenvalue weighted by Gasteiger charge is 2.16. The summed E-state index contributed by atoms with van der Waals surface area (Å²) in [6, 6.07) is 2.24. The Kier molecular flexibility index (Phi) is 4.02. The molecule has 0 amide bonds. The van der Waals surface area contributed by atoms with Crippen LogP contribution in [0.5, 0.6) is 0 Å². The van der Waals surface area contributed by atoms with E-state index in [1.165, 1.54) is 0 Å². The molecule has 1 N–H and O–H groups in total. The quantitative estimate of drug-likeness (QED) is 0.792. The molecule has 2 nitrogen and oxygen atoms in total. The monoisotopic (exact) mass is 222 g/mol. The van der Waals surface area contributed by atoms with Crippen LogP contribution in [0.1, 0.15) is 29.8 Å². The molecule has 0 saturated heterocycles. The lowest BCUT2D eigenvalue weighted by molar-refractivity contribution is 0.133. The number of hydrogen-bond donors (Lipinski definition) is 1. The molecule has 0 aliphatic heterocycles. The van der Waals surface area contributed by atoms with Crippen LogP contribution in [0.15, 0.2) is 12.1 Å². The zero-order valence-corrected chi connectivity index (χ0v) is 7.98. The normalized spacial score (nSPS) is 11.4. The van der Waals surface area contributed by atoms with Crippen molar-refractivity contribution in [2.75, 3.05) is 7.05 Å².